The second-order valence-electron chi connectivity index (χ2n) is 11.5. The number of carbonyl (C=O) groups is 3. The van der Waals surface area contributed by atoms with Gasteiger partial charge in [0.1, 0.15) is 11.9 Å². The third-order valence-electron chi connectivity index (χ3n) is 8.13. The van der Waals surface area contributed by atoms with Crippen LogP contribution in [0.4, 0.5) is 16.2 Å². The number of rotatable bonds is 9. The summed E-state index contributed by atoms with van der Waals surface area (Å²) in [5, 5.41) is 15.7. The average molecular weight is 612 g/mol. The predicted octanol–water partition coefficient (Wildman–Crippen LogP) is 2.46. The summed E-state index contributed by atoms with van der Waals surface area (Å²) >= 11 is 0. The van der Waals surface area contributed by atoms with Crippen molar-refractivity contribution in [2.75, 3.05) is 77.0 Å². The number of amides is 4. The van der Waals surface area contributed by atoms with Crippen molar-refractivity contribution in [2.45, 2.75) is 32.4 Å². The van der Waals surface area contributed by atoms with Crippen LogP contribution in [0.3, 0.4) is 0 Å². The third-order valence-corrected chi connectivity index (χ3v) is 8.13. The van der Waals surface area contributed by atoms with Crippen LogP contribution < -0.4 is 24.8 Å². The fourth-order valence-corrected chi connectivity index (χ4v) is 5.37. The molecular formula is C31H41N5O8. The fourth-order valence-electron chi connectivity index (χ4n) is 5.37. The van der Waals surface area contributed by atoms with Gasteiger partial charge in [0.05, 0.1) is 38.0 Å². The minimum Gasteiger partial charge on any atom is -0.487 e. The largest absolute Gasteiger partial charge is 0.487 e. The van der Waals surface area contributed by atoms with Gasteiger partial charge in [0, 0.05) is 63.0 Å². The number of fused-ring (bicyclic) bond motifs is 2. The molecule has 5 rings (SSSR count). The van der Waals surface area contributed by atoms with E-state index in [4.69, 9.17) is 18.9 Å². The topological polar surface area (TPSA) is 142 Å². The monoisotopic (exact) mass is 611 g/mol. The number of likely N-dealkylation sites (N-methyl/N-ethyl adjacent to an activating group) is 1. The number of ether oxygens (including phenoxy) is 4. The highest BCUT2D eigenvalue weighted by atomic mass is 16.7. The molecule has 13 nitrogen and oxygen atoms in total. The zero-order valence-electron chi connectivity index (χ0n) is 25.4. The molecule has 0 aliphatic carbocycles. The number of morpholine rings is 1. The molecule has 0 saturated carbocycles. The number of urea groups is 1. The Bertz CT molecular complexity index is 1350. The average Bonchev–Trinajstić information content (AvgIpc) is 3.50. The normalized spacial score (nSPS) is 20.5. The Labute approximate surface area is 257 Å². The van der Waals surface area contributed by atoms with Crippen molar-refractivity contribution in [2.24, 2.45) is 5.92 Å². The summed E-state index contributed by atoms with van der Waals surface area (Å²) in [7, 11) is 1.67. The van der Waals surface area contributed by atoms with Crippen molar-refractivity contribution in [1.29, 1.82) is 0 Å². The molecule has 0 unspecified atom stereocenters. The number of hydrogen-bond donors (Lipinski definition) is 3. The van der Waals surface area contributed by atoms with Crippen molar-refractivity contribution < 1.29 is 38.4 Å². The van der Waals surface area contributed by atoms with Gasteiger partial charge in [-0.05, 0) is 37.3 Å². The molecule has 238 valence electrons. The maximum Gasteiger partial charge on any atom is 0.321 e. The number of nitrogens with zero attached hydrogens (tertiary/aromatic N) is 3. The lowest BCUT2D eigenvalue weighted by Gasteiger charge is -2.38. The molecule has 44 heavy (non-hydrogen) atoms. The zero-order valence-corrected chi connectivity index (χ0v) is 25.4. The maximum absolute atomic E-state index is 13.7. The summed E-state index contributed by atoms with van der Waals surface area (Å²) in [5.74, 6) is 0.898. The highest BCUT2D eigenvalue weighted by molar-refractivity contribution is 6.00. The number of nitrogens with one attached hydrogen (secondary N) is 2. The Hall–Kier alpha value is -4.07. The molecule has 3 heterocycles. The molecule has 3 aliphatic rings. The first-order valence-electron chi connectivity index (χ1n) is 15.0. The smallest absolute Gasteiger partial charge is 0.321 e. The molecule has 1 saturated heterocycles. The fraction of sp³-hybridized carbons (Fsp3) is 0.516. The van der Waals surface area contributed by atoms with Crippen LogP contribution in [0.5, 0.6) is 17.2 Å². The first-order chi connectivity index (χ1) is 21.2. The number of anilines is 2. The van der Waals surface area contributed by atoms with Gasteiger partial charge in [-0.3, -0.25) is 14.5 Å². The second-order valence-corrected chi connectivity index (χ2v) is 11.5. The molecule has 2 aromatic rings. The molecule has 3 N–H and O–H groups in total. The van der Waals surface area contributed by atoms with Gasteiger partial charge in [0.15, 0.2) is 11.5 Å². The van der Waals surface area contributed by atoms with Crippen LogP contribution in [0.2, 0.25) is 0 Å². The lowest BCUT2D eigenvalue weighted by molar-refractivity contribution is -0.116. The molecule has 0 bridgehead atoms. The highest BCUT2D eigenvalue weighted by Gasteiger charge is 2.34. The minimum atomic E-state index is -0.475. The van der Waals surface area contributed by atoms with E-state index >= 15 is 0 Å². The van der Waals surface area contributed by atoms with E-state index in [2.05, 4.69) is 15.5 Å². The third kappa shape index (κ3) is 7.52. The SMILES string of the molecule is C[C@H]1CN([C@@H](C)CO)C(=O)c2cc(NC(=O)CCN3CCOCC3)ccc2O[C@@H]1CN(C)C(=O)Nc1ccc2c(c1)OCO2. The molecular weight excluding hydrogens is 570 g/mol. The van der Waals surface area contributed by atoms with Gasteiger partial charge in [-0.1, -0.05) is 6.92 Å². The summed E-state index contributed by atoms with van der Waals surface area (Å²) in [6, 6.07) is 9.39. The molecule has 4 amide bonds. The highest BCUT2D eigenvalue weighted by Crippen LogP contribution is 2.34. The summed E-state index contributed by atoms with van der Waals surface area (Å²) in [4.78, 5) is 44.9. The van der Waals surface area contributed by atoms with E-state index in [1.165, 1.54) is 4.90 Å². The molecule has 0 radical (unpaired) electrons. The van der Waals surface area contributed by atoms with Gasteiger partial charge in [0.2, 0.25) is 12.7 Å². The molecule has 13 heteroatoms. The lowest BCUT2D eigenvalue weighted by atomic mass is 9.99. The van der Waals surface area contributed by atoms with Gasteiger partial charge in [-0.25, -0.2) is 4.79 Å². The van der Waals surface area contributed by atoms with E-state index in [1.807, 2.05) is 6.92 Å². The summed E-state index contributed by atoms with van der Waals surface area (Å²) in [6.45, 7) is 7.74. The molecule has 2 aromatic carbocycles. The first-order valence-corrected chi connectivity index (χ1v) is 15.0. The van der Waals surface area contributed by atoms with Gasteiger partial charge < -0.3 is 44.5 Å². The van der Waals surface area contributed by atoms with Gasteiger partial charge in [0.25, 0.3) is 5.91 Å². The van der Waals surface area contributed by atoms with Crippen LogP contribution in [0.1, 0.15) is 30.6 Å². The van der Waals surface area contributed by atoms with Gasteiger partial charge in [-0.2, -0.15) is 0 Å². The molecule has 3 atom stereocenters. The van der Waals surface area contributed by atoms with Crippen molar-refractivity contribution in [3.05, 3.63) is 42.0 Å². The van der Waals surface area contributed by atoms with Crippen LogP contribution in [0.15, 0.2) is 36.4 Å². The van der Waals surface area contributed by atoms with Crippen molar-refractivity contribution >= 4 is 29.2 Å². The Kier molecular flexibility index (Phi) is 10.1. The number of aliphatic hydroxyl groups is 1. The Morgan fingerprint density at radius 1 is 1.05 bits per heavy atom. The van der Waals surface area contributed by atoms with Crippen molar-refractivity contribution in [1.82, 2.24) is 14.7 Å². The van der Waals surface area contributed by atoms with Crippen molar-refractivity contribution in [3.8, 4) is 17.2 Å². The molecule has 3 aliphatic heterocycles. The van der Waals surface area contributed by atoms with E-state index in [9.17, 15) is 19.5 Å². The molecule has 0 spiro atoms. The van der Waals surface area contributed by atoms with Gasteiger partial charge >= 0.3 is 6.03 Å². The summed E-state index contributed by atoms with van der Waals surface area (Å²) in [6.07, 6.45) is -0.160. The quantitative estimate of drug-likeness (QED) is 0.390. The van der Waals surface area contributed by atoms with Crippen molar-refractivity contribution in [3.63, 3.8) is 0 Å². The van der Waals surface area contributed by atoms with E-state index in [0.29, 0.717) is 61.3 Å². The molecule has 0 aromatic heterocycles. The van der Waals surface area contributed by atoms with E-state index in [0.717, 1.165) is 13.1 Å². The number of hydrogen-bond acceptors (Lipinski definition) is 9. The summed E-state index contributed by atoms with van der Waals surface area (Å²) < 4.78 is 22.5. The van der Waals surface area contributed by atoms with E-state index in [1.54, 1.807) is 55.3 Å². The lowest BCUT2D eigenvalue weighted by Crippen LogP contribution is -2.50. The zero-order chi connectivity index (χ0) is 31.2. The number of carbonyl (C=O) groups excluding carboxylic acids is 3. The maximum atomic E-state index is 13.7. The molecule has 1 fully saturated rings. The Balaban J connectivity index is 1.29. The van der Waals surface area contributed by atoms with Crippen LogP contribution in [-0.2, 0) is 9.53 Å². The minimum absolute atomic E-state index is 0.141. The van der Waals surface area contributed by atoms with Gasteiger partial charge in [-0.15, -0.1) is 0 Å². The Morgan fingerprint density at radius 3 is 2.50 bits per heavy atom. The number of benzene rings is 2. The van der Waals surface area contributed by atoms with E-state index < -0.39 is 12.1 Å². The van der Waals surface area contributed by atoms with Crippen LogP contribution in [0, 0.1) is 5.92 Å². The van der Waals surface area contributed by atoms with Crippen LogP contribution in [-0.4, -0.2) is 116 Å². The first kappa shape index (κ1) is 31.4. The summed E-state index contributed by atoms with van der Waals surface area (Å²) in [5.41, 5.74) is 1.33. The van der Waals surface area contributed by atoms with E-state index in [-0.39, 0.29) is 49.3 Å². The van der Waals surface area contributed by atoms with Crippen LogP contribution in [0.25, 0.3) is 0 Å². The number of aliphatic hydroxyl groups excluding tert-OH is 1. The predicted molar refractivity (Wildman–Crippen MR) is 162 cm³/mol. The second kappa shape index (κ2) is 14.1. The Morgan fingerprint density at radius 2 is 1.75 bits per heavy atom. The van der Waals surface area contributed by atoms with Crippen LogP contribution >= 0.6 is 0 Å². The standard InChI is InChI=1S/C31H41N5O8/c1-20-16-36(21(2)18-37)30(39)24-14-22(32-29(38)8-9-35-10-12-41-13-11-35)4-6-25(24)44-28(20)17-34(3)31(40)33-23-5-7-26-27(15-23)43-19-42-26/h4-7,14-15,20-21,28,37H,8-13,16-19H2,1-3H3,(H,32,38)(H,33,40)/t20-,21-,28+/m0/s1.